The Morgan fingerprint density at radius 2 is 1.46 bits per heavy atom. The lowest BCUT2D eigenvalue weighted by Gasteiger charge is -2.28. The molecule has 1 unspecified atom stereocenters. The Morgan fingerprint density at radius 1 is 0.872 bits per heavy atom. The summed E-state index contributed by atoms with van der Waals surface area (Å²) in [5.74, 6) is -1.32. The highest BCUT2D eigenvalue weighted by atomic mass is 35.5. The number of halogens is 1. The van der Waals surface area contributed by atoms with Crippen LogP contribution in [0.5, 0.6) is 5.75 Å². The van der Waals surface area contributed by atoms with Gasteiger partial charge in [-0.25, -0.2) is 0 Å². The zero-order valence-electron chi connectivity index (χ0n) is 23.8. The summed E-state index contributed by atoms with van der Waals surface area (Å²) in [6.07, 6.45) is 0. The lowest BCUT2D eigenvalue weighted by atomic mass is 9.84. The number of hydrogen-bond acceptors (Lipinski definition) is 4. The van der Waals surface area contributed by atoms with Crippen LogP contribution in [0.25, 0.3) is 5.76 Å². The number of Topliss-reactive ketones (excluding diaryl/α,β-unsaturated/α-hetero) is 1. The maximum absolute atomic E-state index is 13.7. The number of rotatable bonds is 4. The minimum atomic E-state index is -0.845. The number of ketones is 1. The first-order valence-corrected chi connectivity index (χ1v) is 13.4. The van der Waals surface area contributed by atoms with Crippen molar-refractivity contribution >= 4 is 34.7 Å². The largest absolute Gasteiger partial charge is 0.507 e. The summed E-state index contributed by atoms with van der Waals surface area (Å²) < 4.78 is 5.58. The molecule has 1 aliphatic heterocycles. The number of carbonyl (C=O) groups excluding carboxylic acids is 2. The number of aliphatic hydroxyl groups is 1. The Morgan fingerprint density at radius 3 is 2.00 bits per heavy atom. The van der Waals surface area contributed by atoms with Gasteiger partial charge in [0.15, 0.2) is 0 Å². The van der Waals surface area contributed by atoms with Crippen molar-refractivity contribution in [3.05, 3.63) is 99.1 Å². The van der Waals surface area contributed by atoms with E-state index in [0.717, 1.165) is 16.7 Å². The van der Waals surface area contributed by atoms with Crippen molar-refractivity contribution in [1.82, 2.24) is 0 Å². The van der Waals surface area contributed by atoms with Crippen molar-refractivity contribution in [1.29, 1.82) is 0 Å². The van der Waals surface area contributed by atoms with Gasteiger partial charge in [-0.2, -0.15) is 0 Å². The summed E-state index contributed by atoms with van der Waals surface area (Å²) in [5.41, 5.74) is 4.18. The van der Waals surface area contributed by atoms with Crippen LogP contribution < -0.4 is 9.64 Å². The molecule has 1 saturated heterocycles. The van der Waals surface area contributed by atoms with E-state index < -0.39 is 17.7 Å². The third kappa shape index (κ3) is 5.33. The van der Waals surface area contributed by atoms with Gasteiger partial charge in [-0.3, -0.25) is 14.5 Å². The molecule has 39 heavy (non-hydrogen) atoms. The molecule has 204 valence electrons. The molecular formula is C33H36ClNO4. The topological polar surface area (TPSA) is 66.8 Å². The van der Waals surface area contributed by atoms with Crippen molar-refractivity contribution in [3.8, 4) is 5.75 Å². The molecule has 0 saturated carbocycles. The Balaban J connectivity index is 2.01. The van der Waals surface area contributed by atoms with E-state index >= 15 is 0 Å². The highest BCUT2D eigenvalue weighted by molar-refractivity contribution is 6.52. The molecule has 1 amide bonds. The van der Waals surface area contributed by atoms with Gasteiger partial charge in [-0.1, -0.05) is 83.5 Å². The summed E-state index contributed by atoms with van der Waals surface area (Å²) in [7, 11) is 1.52. The molecule has 3 aromatic carbocycles. The first kappa shape index (κ1) is 28.4. The monoisotopic (exact) mass is 545 g/mol. The van der Waals surface area contributed by atoms with Gasteiger partial charge in [-0.15, -0.1) is 0 Å². The van der Waals surface area contributed by atoms with Gasteiger partial charge in [0.2, 0.25) is 0 Å². The molecule has 5 nitrogen and oxygen atoms in total. The summed E-state index contributed by atoms with van der Waals surface area (Å²) in [6, 6.07) is 17.7. The summed E-state index contributed by atoms with van der Waals surface area (Å²) in [5, 5.41) is 12.3. The van der Waals surface area contributed by atoms with E-state index in [2.05, 4.69) is 41.5 Å². The Bertz CT molecular complexity index is 1470. The molecule has 4 rings (SSSR count). The zero-order valence-corrected chi connectivity index (χ0v) is 24.6. The van der Waals surface area contributed by atoms with E-state index in [1.807, 2.05) is 43.3 Å². The average Bonchev–Trinajstić information content (AvgIpc) is 3.12. The summed E-state index contributed by atoms with van der Waals surface area (Å²) in [6.45, 7) is 14.4. The average molecular weight is 546 g/mol. The van der Waals surface area contributed by atoms with Crippen molar-refractivity contribution in [3.63, 3.8) is 0 Å². The van der Waals surface area contributed by atoms with Crippen LogP contribution in [-0.4, -0.2) is 23.9 Å². The number of aliphatic hydroxyl groups excluding tert-OH is 1. The van der Waals surface area contributed by atoms with Gasteiger partial charge < -0.3 is 9.84 Å². The van der Waals surface area contributed by atoms with E-state index in [-0.39, 0.29) is 22.2 Å². The van der Waals surface area contributed by atoms with E-state index in [4.69, 9.17) is 16.3 Å². The zero-order chi connectivity index (χ0) is 28.9. The molecule has 1 aliphatic rings. The van der Waals surface area contributed by atoms with Gasteiger partial charge in [0.05, 0.1) is 24.3 Å². The maximum Gasteiger partial charge on any atom is 0.300 e. The Labute approximate surface area is 236 Å². The molecule has 1 heterocycles. The number of amides is 1. The first-order valence-electron chi connectivity index (χ1n) is 13.0. The van der Waals surface area contributed by atoms with Crippen LogP contribution in [0, 0.1) is 6.92 Å². The van der Waals surface area contributed by atoms with Crippen LogP contribution in [0.4, 0.5) is 5.69 Å². The molecule has 6 heteroatoms. The van der Waals surface area contributed by atoms with Crippen LogP contribution in [0.15, 0.2) is 66.2 Å². The van der Waals surface area contributed by atoms with Crippen molar-refractivity contribution in [2.75, 3.05) is 12.0 Å². The molecule has 1 fully saturated rings. The number of ether oxygens (including phenoxy) is 1. The van der Waals surface area contributed by atoms with Gasteiger partial charge >= 0.3 is 0 Å². The maximum atomic E-state index is 13.7. The van der Waals surface area contributed by atoms with E-state index in [1.165, 1.54) is 12.0 Å². The molecule has 1 N–H and O–H groups in total. The molecule has 0 aliphatic carbocycles. The third-order valence-corrected chi connectivity index (χ3v) is 7.51. The predicted molar refractivity (Wildman–Crippen MR) is 158 cm³/mol. The van der Waals surface area contributed by atoms with Crippen molar-refractivity contribution < 1.29 is 19.4 Å². The molecular weight excluding hydrogens is 510 g/mol. The lowest BCUT2D eigenvalue weighted by molar-refractivity contribution is -0.132. The smallest absolute Gasteiger partial charge is 0.300 e. The molecule has 0 aromatic heterocycles. The lowest BCUT2D eigenvalue weighted by Crippen LogP contribution is -2.30. The number of methoxy groups -OCH3 is 1. The molecule has 3 aromatic rings. The van der Waals surface area contributed by atoms with Crippen LogP contribution in [0.3, 0.4) is 0 Å². The third-order valence-electron chi connectivity index (χ3n) is 7.28. The highest BCUT2D eigenvalue weighted by Gasteiger charge is 2.47. The number of carbonyl (C=O) groups is 2. The number of benzene rings is 3. The Kier molecular flexibility index (Phi) is 7.44. The normalized spacial score (nSPS) is 17.6. The fraction of sp³-hybridized carbons (Fsp3) is 0.333. The molecule has 0 radical (unpaired) electrons. The molecule has 1 atom stereocenters. The number of nitrogens with zero attached hydrogens (tertiary/aromatic N) is 1. The minimum Gasteiger partial charge on any atom is -0.507 e. The minimum absolute atomic E-state index is 0.0159. The second-order valence-electron chi connectivity index (χ2n) is 12.1. The van der Waals surface area contributed by atoms with Crippen molar-refractivity contribution in [2.24, 2.45) is 0 Å². The summed E-state index contributed by atoms with van der Waals surface area (Å²) in [4.78, 5) is 28.8. The van der Waals surface area contributed by atoms with E-state index in [0.29, 0.717) is 27.6 Å². The number of aryl methyl sites for hydroxylation is 1. The summed E-state index contributed by atoms with van der Waals surface area (Å²) >= 11 is 6.21. The standard InChI is InChI=1S/C33H36ClNO4/c1-19-17-23(34)14-15-25(19)35-28(20-9-11-21(12-10-20)32(2,3)4)27(30(37)31(35)38)29(36)24-18-22(33(5,6)7)13-16-26(24)39-8/h9-18,28,36H,1-8H3/b29-27+. The Hall–Kier alpha value is -3.57. The van der Waals surface area contributed by atoms with Crippen molar-refractivity contribution in [2.45, 2.75) is 65.3 Å². The van der Waals surface area contributed by atoms with Crippen LogP contribution in [-0.2, 0) is 20.4 Å². The number of hydrogen-bond donors (Lipinski definition) is 1. The SMILES string of the molecule is COc1ccc(C(C)(C)C)cc1/C(O)=C1\C(=O)C(=O)N(c2ccc(Cl)cc2C)C1c1ccc(C(C)(C)C)cc1. The van der Waals surface area contributed by atoms with Crippen LogP contribution >= 0.6 is 11.6 Å². The second-order valence-corrected chi connectivity index (χ2v) is 12.6. The second kappa shape index (κ2) is 10.2. The fourth-order valence-electron chi connectivity index (χ4n) is 4.96. The quantitative estimate of drug-likeness (QED) is 0.206. The van der Waals surface area contributed by atoms with Crippen LogP contribution in [0.1, 0.15) is 75.4 Å². The number of anilines is 1. The van der Waals surface area contributed by atoms with Gasteiger partial charge in [-0.05, 0) is 70.3 Å². The van der Waals surface area contributed by atoms with E-state index in [9.17, 15) is 14.7 Å². The molecule has 0 spiro atoms. The molecule has 0 bridgehead atoms. The van der Waals surface area contributed by atoms with Gasteiger partial charge in [0, 0.05) is 10.7 Å². The first-order chi connectivity index (χ1) is 18.1. The predicted octanol–water partition coefficient (Wildman–Crippen LogP) is 7.88. The van der Waals surface area contributed by atoms with Gasteiger partial charge in [0.25, 0.3) is 11.7 Å². The highest BCUT2D eigenvalue weighted by Crippen LogP contribution is 2.45. The van der Waals surface area contributed by atoms with E-state index in [1.54, 1.807) is 24.3 Å². The fourth-order valence-corrected chi connectivity index (χ4v) is 5.18. The van der Waals surface area contributed by atoms with Crippen LogP contribution in [0.2, 0.25) is 5.02 Å². The van der Waals surface area contributed by atoms with Gasteiger partial charge in [0.1, 0.15) is 11.5 Å².